The zero-order valence-corrected chi connectivity index (χ0v) is 11.5. The second-order valence-electron chi connectivity index (χ2n) is 4.79. The van der Waals surface area contributed by atoms with Crippen LogP contribution in [0.4, 0.5) is 0 Å². The van der Waals surface area contributed by atoms with Gasteiger partial charge in [0.25, 0.3) is 0 Å². The van der Waals surface area contributed by atoms with Gasteiger partial charge in [-0.1, -0.05) is 23.2 Å². The summed E-state index contributed by atoms with van der Waals surface area (Å²) in [6, 6.07) is 5.95. The van der Waals surface area contributed by atoms with E-state index in [4.69, 9.17) is 23.2 Å². The van der Waals surface area contributed by atoms with Gasteiger partial charge in [-0.05, 0) is 36.2 Å². The molecular formula is C14H13Cl2NO. The summed E-state index contributed by atoms with van der Waals surface area (Å²) < 4.78 is 2.08. The van der Waals surface area contributed by atoms with E-state index in [2.05, 4.69) is 10.6 Å². The van der Waals surface area contributed by atoms with Crippen LogP contribution in [0.1, 0.15) is 18.1 Å². The second kappa shape index (κ2) is 4.30. The second-order valence-corrected chi connectivity index (χ2v) is 5.61. The van der Waals surface area contributed by atoms with Crippen molar-refractivity contribution < 1.29 is 5.11 Å². The molecule has 1 atom stereocenters. The number of halogens is 2. The van der Waals surface area contributed by atoms with Gasteiger partial charge < -0.3 is 9.67 Å². The lowest BCUT2D eigenvalue weighted by Gasteiger charge is -2.11. The lowest BCUT2D eigenvalue weighted by molar-refractivity contribution is 0.174. The van der Waals surface area contributed by atoms with Crippen LogP contribution in [0.5, 0.6) is 0 Å². The molecule has 1 aliphatic rings. The average molecular weight is 282 g/mol. The first-order valence-electron chi connectivity index (χ1n) is 5.90. The molecule has 0 spiro atoms. The Balaban J connectivity index is 2.13. The van der Waals surface area contributed by atoms with Crippen LogP contribution >= 0.6 is 23.2 Å². The number of aliphatic hydroxyl groups is 1. The normalized spacial score (nSPS) is 14.4. The standard InChI is InChI=1S/C14H13Cl2NO/c1-8(18)7-17-3-2-9-4-10-5-12(15)13(16)6-11(10)14(9)17/h2-3,5-6,8,18H,4,7H2,1H3/t8-/m0/s1. The fourth-order valence-corrected chi connectivity index (χ4v) is 2.93. The Kier molecular flexibility index (Phi) is 2.89. The third kappa shape index (κ3) is 1.85. The van der Waals surface area contributed by atoms with E-state index in [0.717, 1.165) is 17.7 Å². The Morgan fingerprint density at radius 3 is 2.72 bits per heavy atom. The minimum atomic E-state index is -0.367. The van der Waals surface area contributed by atoms with Crippen molar-refractivity contribution in [3.8, 4) is 11.3 Å². The van der Waals surface area contributed by atoms with E-state index < -0.39 is 0 Å². The summed E-state index contributed by atoms with van der Waals surface area (Å²) in [7, 11) is 0. The van der Waals surface area contributed by atoms with Crippen LogP contribution in [-0.4, -0.2) is 15.8 Å². The van der Waals surface area contributed by atoms with Gasteiger partial charge in [-0.3, -0.25) is 0 Å². The molecule has 1 aliphatic carbocycles. The van der Waals surface area contributed by atoms with Crippen LogP contribution in [0.15, 0.2) is 24.4 Å². The van der Waals surface area contributed by atoms with E-state index >= 15 is 0 Å². The summed E-state index contributed by atoms with van der Waals surface area (Å²) >= 11 is 12.1. The van der Waals surface area contributed by atoms with Crippen molar-refractivity contribution in [2.24, 2.45) is 0 Å². The molecule has 0 aliphatic heterocycles. The molecule has 3 rings (SSSR count). The van der Waals surface area contributed by atoms with Crippen molar-refractivity contribution in [2.75, 3.05) is 0 Å². The molecule has 0 bridgehead atoms. The number of fused-ring (bicyclic) bond motifs is 3. The first-order valence-corrected chi connectivity index (χ1v) is 6.66. The average Bonchev–Trinajstić information content (AvgIpc) is 2.80. The predicted octanol–water partition coefficient (Wildman–Crippen LogP) is 3.75. The van der Waals surface area contributed by atoms with Gasteiger partial charge in [-0.2, -0.15) is 0 Å². The minimum Gasteiger partial charge on any atom is -0.392 e. The van der Waals surface area contributed by atoms with Gasteiger partial charge in [0, 0.05) is 24.7 Å². The molecule has 2 nitrogen and oxygen atoms in total. The largest absolute Gasteiger partial charge is 0.392 e. The zero-order valence-electron chi connectivity index (χ0n) is 9.95. The summed E-state index contributed by atoms with van der Waals surface area (Å²) in [6.07, 6.45) is 2.53. The Labute approximate surface area is 116 Å². The van der Waals surface area contributed by atoms with Crippen LogP contribution < -0.4 is 0 Å². The van der Waals surface area contributed by atoms with Crippen molar-refractivity contribution >= 4 is 23.2 Å². The van der Waals surface area contributed by atoms with Gasteiger partial charge >= 0.3 is 0 Å². The number of rotatable bonds is 2. The third-order valence-electron chi connectivity index (χ3n) is 3.29. The monoisotopic (exact) mass is 281 g/mol. The highest BCUT2D eigenvalue weighted by molar-refractivity contribution is 6.42. The Hall–Kier alpha value is -0.960. The van der Waals surface area contributed by atoms with Gasteiger partial charge in [-0.25, -0.2) is 0 Å². The van der Waals surface area contributed by atoms with Crippen LogP contribution in [0, 0.1) is 0 Å². The molecule has 0 saturated carbocycles. The highest BCUT2D eigenvalue weighted by Crippen LogP contribution is 2.41. The fourth-order valence-electron chi connectivity index (χ4n) is 2.58. The summed E-state index contributed by atoms with van der Waals surface area (Å²) in [5.74, 6) is 0. The van der Waals surface area contributed by atoms with E-state index in [9.17, 15) is 5.11 Å². The lowest BCUT2D eigenvalue weighted by Crippen LogP contribution is -2.11. The van der Waals surface area contributed by atoms with Gasteiger partial charge in [0.2, 0.25) is 0 Å². The van der Waals surface area contributed by atoms with Gasteiger partial charge in [0.1, 0.15) is 0 Å². The molecule has 1 heterocycles. The van der Waals surface area contributed by atoms with Crippen molar-refractivity contribution in [3.63, 3.8) is 0 Å². The van der Waals surface area contributed by atoms with E-state index in [1.54, 1.807) is 6.92 Å². The third-order valence-corrected chi connectivity index (χ3v) is 4.01. The maximum absolute atomic E-state index is 9.53. The zero-order chi connectivity index (χ0) is 12.9. The van der Waals surface area contributed by atoms with Crippen LogP contribution in [0.25, 0.3) is 11.3 Å². The molecule has 0 saturated heterocycles. The number of hydrogen-bond donors (Lipinski definition) is 1. The number of nitrogens with zero attached hydrogens (tertiary/aromatic N) is 1. The first kappa shape index (κ1) is 12.1. The Bertz CT molecular complexity index is 616. The lowest BCUT2D eigenvalue weighted by atomic mass is 10.1. The van der Waals surface area contributed by atoms with E-state index in [1.807, 2.05) is 18.3 Å². The number of benzene rings is 1. The fraction of sp³-hybridized carbons (Fsp3) is 0.286. The molecule has 4 heteroatoms. The summed E-state index contributed by atoms with van der Waals surface area (Å²) in [6.45, 7) is 2.38. The maximum Gasteiger partial charge on any atom is 0.0691 e. The van der Waals surface area contributed by atoms with Crippen molar-refractivity contribution in [1.29, 1.82) is 0 Å². The minimum absolute atomic E-state index is 0.367. The SMILES string of the molecule is C[C@H](O)Cn1ccc2c1-c1cc(Cl)c(Cl)cc1C2. The Morgan fingerprint density at radius 1 is 1.28 bits per heavy atom. The molecule has 1 N–H and O–H groups in total. The number of aliphatic hydroxyl groups excluding tert-OH is 1. The summed E-state index contributed by atoms with van der Waals surface area (Å²) in [5.41, 5.74) is 4.76. The first-order chi connectivity index (χ1) is 8.56. The molecule has 1 aromatic heterocycles. The van der Waals surface area contributed by atoms with E-state index in [0.29, 0.717) is 16.6 Å². The predicted molar refractivity (Wildman–Crippen MR) is 74.4 cm³/mol. The van der Waals surface area contributed by atoms with E-state index in [-0.39, 0.29) is 6.10 Å². The Morgan fingerprint density at radius 2 is 2.00 bits per heavy atom. The van der Waals surface area contributed by atoms with Crippen molar-refractivity contribution in [2.45, 2.75) is 26.0 Å². The molecule has 0 radical (unpaired) electrons. The quantitative estimate of drug-likeness (QED) is 0.761. The highest BCUT2D eigenvalue weighted by atomic mass is 35.5. The van der Waals surface area contributed by atoms with Crippen LogP contribution in [0.3, 0.4) is 0 Å². The molecular weight excluding hydrogens is 269 g/mol. The topological polar surface area (TPSA) is 25.2 Å². The maximum atomic E-state index is 9.53. The number of aromatic nitrogens is 1. The molecule has 2 aromatic rings. The molecule has 0 fully saturated rings. The van der Waals surface area contributed by atoms with Crippen LogP contribution in [0.2, 0.25) is 10.0 Å². The molecule has 0 unspecified atom stereocenters. The molecule has 0 amide bonds. The number of hydrogen-bond acceptors (Lipinski definition) is 1. The van der Waals surface area contributed by atoms with Gasteiger partial charge in [0.15, 0.2) is 0 Å². The van der Waals surface area contributed by atoms with Crippen LogP contribution in [-0.2, 0) is 13.0 Å². The summed E-state index contributed by atoms with van der Waals surface area (Å²) in [5, 5.41) is 10.7. The van der Waals surface area contributed by atoms with Gasteiger partial charge in [0.05, 0.1) is 21.8 Å². The van der Waals surface area contributed by atoms with Crippen molar-refractivity contribution in [3.05, 3.63) is 45.6 Å². The van der Waals surface area contributed by atoms with E-state index in [1.165, 1.54) is 11.1 Å². The van der Waals surface area contributed by atoms with Crippen molar-refractivity contribution in [1.82, 2.24) is 4.57 Å². The van der Waals surface area contributed by atoms with Gasteiger partial charge in [-0.15, -0.1) is 0 Å². The smallest absolute Gasteiger partial charge is 0.0691 e. The highest BCUT2D eigenvalue weighted by Gasteiger charge is 2.23. The molecule has 1 aromatic carbocycles. The molecule has 94 valence electrons. The molecule has 18 heavy (non-hydrogen) atoms. The summed E-state index contributed by atoms with van der Waals surface area (Å²) in [4.78, 5) is 0.